The molecule has 1 atom stereocenters. The van der Waals surface area contributed by atoms with Gasteiger partial charge >= 0.3 is 0 Å². The fraction of sp³-hybridized carbons (Fsp3) is 0.417. The quantitative estimate of drug-likeness (QED) is 0.678. The summed E-state index contributed by atoms with van der Waals surface area (Å²) in [6, 6.07) is 3.84. The van der Waals surface area contributed by atoms with Gasteiger partial charge in [0.05, 0.1) is 0 Å². The van der Waals surface area contributed by atoms with Crippen LogP contribution in [-0.2, 0) is 4.79 Å². The number of carbonyl (C=O) groups is 1. The van der Waals surface area contributed by atoms with E-state index in [0.717, 1.165) is 0 Å². The minimum atomic E-state index is -0.897. The van der Waals surface area contributed by atoms with Crippen LogP contribution in [0.3, 0.4) is 0 Å². The molecule has 3 N–H and O–H groups in total. The smallest absolute Gasteiger partial charge is 0.264 e. The topological polar surface area (TPSA) is 106 Å². The molecule has 2 rings (SSSR count). The average molecular weight is 243 g/mol. The third-order valence-electron chi connectivity index (χ3n) is 3.31. The summed E-state index contributed by atoms with van der Waals surface area (Å²) in [5.74, 6) is -0.154. The summed E-state index contributed by atoms with van der Waals surface area (Å²) in [7, 11) is 0. The Hall–Kier alpha value is -2.47. The maximum absolute atomic E-state index is 11.8. The van der Waals surface area contributed by atoms with Gasteiger partial charge in [-0.3, -0.25) is 4.79 Å². The molecule has 0 aromatic heterocycles. The Balaban J connectivity index is 2.77. The molecule has 0 aromatic rings. The molecular weight excluding hydrogens is 230 g/mol. The van der Waals surface area contributed by atoms with Crippen LogP contribution in [0.1, 0.15) is 20.8 Å². The SMILES string of the molecule is CC(C)N1C(N)=C(C#N)C2=C(C#N)C(=O)NC21C. The number of rotatable bonds is 1. The van der Waals surface area contributed by atoms with Crippen molar-refractivity contribution in [1.29, 1.82) is 10.5 Å². The normalized spacial score (nSPS) is 26.3. The lowest BCUT2D eigenvalue weighted by Gasteiger charge is -2.39. The van der Waals surface area contributed by atoms with Crippen LogP contribution >= 0.6 is 0 Å². The van der Waals surface area contributed by atoms with Gasteiger partial charge < -0.3 is 16.0 Å². The van der Waals surface area contributed by atoms with Crippen LogP contribution in [0.25, 0.3) is 0 Å². The van der Waals surface area contributed by atoms with Gasteiger partial charge in [0.15, 0.2) is 0 Å². The molecule has 1 unspecified atom stereocenters. The fourth-order valence-corrected chi connectivity index (χ4v) is 2.76. The second-order valence-corrected chi connectivity index (χ2v) is 4.72. The zero-order valence-electron chi connectivity index (χ0n) is 10.4. The molecule has 0 saturated heterocycles. The number of amides is 1. The molecule has 2 heterocycles. The van der Waals surface area contributed by atoms with Gasteiger partial charge in [0.2, 0.25) is 0 Å². The Kier molecular flexibility index (Phi) is 2.34. The van der Waals surface area contributed by atoms with Crippen LogP contribution in [0.5, 0.6) is 0 Å². The highest BCUT2D eigenvalue weighted by Crippen LogP contribution is 2.44. The van der Waals surface area contributed by atoms with Crippen LogP contribution in [0, 0.1) is 22.7 Å². The van der Waals surface area contributed by atoms with Crippen LogP contribution in [0.4, 0.5) is 0 Å². The van der Waals surface area contributed by atoms with Gasteiger partial charge in [-0.15, -0.1) is 0 Å². The fourth-order valence-electron chi connectivity index (χ4n) is 2.76. The van der Waals surface area contributed by atoms with Crippen molar-refractivity contribution in [3.63, 3.8) is 0 Å². The van der Waals surface area contributed by atoms with E-state index in [1.165, 1.54) is 0 Å². The van der Waals surface area contributed by atoms with E-state index < -0.39 is 11.6 Å². The molecule has 2 aliphatic rings. The first kappa shape index (κ1) is 12.0. The van der Waals surface area contributed by atoms with Gasteiger partial charge in [0, 0.05) is 11.6 Å². The van der Waals surface area contributed by atoms with E-state index in [0.29, 0.717) is 11.4 Å². The van der Waals surface area contributed by atoms with Crippen LogP contribution in [0.2, 0.25) is 0 Å². The van der Waals surface area contributed by atoms with Gasteiger partial charge in [-0.25, -0.2) is 0 Å². The number of nitriles is 2. The van der Waals surface area contributed by atoms with E-state index in [4.69, 9.17) is 11.0 Å². The van der Waals surface area contributed by atoms with Crippen molar-refractivity contribution in [3.8, 4) is 12.1 Å². The predicted molar refractivity (Wildman–Crippen MR) is 63.0 cm³/mol. The summed E-state index contributed by atoms with van der Waals surface area (Å²) in [6.45, 7) is 5.57. The highest BCUT2D eigenvalue weighted by Gasteiger charge is 2.54. The highest BCUT2D eigenvalue weighted by molar-refractivity contribution is 6.04. The third kappa shape index (κ3) is 1.17. The average Bonchev–Trinajstić information content (AvgIpc) is 2.62. The Morgan fingerprint density at radius 2 is 1.89 bits per heavy atom. The second-order valence-electron chi connectivity index (χ2n) is 4.72. The van der Waals surface area contributed by atoms with Gasteiger partial charge in [0.1, 0.15) is 34.8 Å². The van der Waals surface area contributed by atoms with Gasteiger partial charge in [-0.05, 0) is 20.8 Å². The lowest BCUT2D eigenvalue weighted by molar-refractivity contribution is -0.118. The van der Waals surface area contributed by atoms with Crippen molar-refractivity contribution in [2.45, 2.75) is 32.5 Å². The molecule has 6 heteroatoms. The molecule has 0 saturated carbocycles. The molecule has 0 aliphatic carbocycles. The number of nitrogens with two attached hydrogens (primary N) is 1. The van der Waals surface area contributed by atoms with E-state index in [1.807, 2.05) is 26.0 Å². The number of hydrogen-bond acceptors (Lipinski definition) is 5. The molecule has 6 nitrogen and oxygen atoms in total. The Bertz CT molecular complexity index is 587. The Morgan fingerprint density at radius 1 is 1.33 bits per heavy atom. The zero-order chi connectivity index (χ0) is 13.7. The number of fused-ring (bicyclic) bond motifs is 1. The van der Waals surface area contributed by atoms with E-state index in [2.05, 4.69) is 5.32 Å². The molecule has 0 aromatic carbocycles. The zero-order valence-corrected chi connectivity index (χ0v) is 10.4. The third-order valence-corrected chi connectivity index (χ3v) is 3.31. The van der Waals surface area contributed by atoms with Gasteiger partial charge in [0.25, 0.3) is 5.91 Å². The van der Waals surface area contributed by atoms with Crippen molar-refractivity contribution in [2.75, 3.05) is 0 Å². The van der Waals surface area contributed by atoms with Crippen molar-refractivity contribution in [1.82, 2.24) is 10.2 Å². The standard InChI is InChI=1S/C12H13N5O/c1-6(2)17-10(15)7(4-13)9-8(5-14)11(18)16-12(9,17)3/h6H,15H2,1-3H3,(H,16,18). The lowest BCUT2D eigenvalue weighted by atomic mass is 9.96. The molecule has 2 aliphatic heterocycles. The summed E-state index contributed by atoms with van der Waals surface area (Å²) in [4.78, 5) is 13.5. The predicted octanol–water partition coefficient (Wildman–Crippen LogP) is 0.0705. The van der Waals surface area contributed by atoms with Crippen molar-refractivity contribution in [3.05, 3.63) is 22.5 Å². The molecule has 0 spiro atoms. The molecule has 0 fully saturated rings. The van der Waals surface area contributed by atoms with Crippen LogP contribution < -0.4 is 11.1 Å². The Labute approximate surface area is 105 Å². The first-order valence-electron chi connectivity index (χ1n) is 5.55. The van der Waals surface area contributed by atoms with E-state index in [-0.39, 0.29) is 17.2 Å². The highest BCUT2D eigenvalue weighted by atomic mass is 16.2. The first-order chi connectivity index (χ1) is 8.38. The maximum atomic E-state index is 11.8. The second kappa shape index (κ2) is 3.51. The number of nitrogens with one attached hydrogen (secondary N) is 1. The summed E-state index contributed by atoms with van der Waals surface area (Å²) in [5, 5.41) is 21.0. The minimum absolute atomic E-state index is 0.00538. The van der Waals surface area contributed by atoms with E-state index >= 15 is 0 Å². The van der Waals surface area contributed by atoms with Crippen LogP contribution in [-0.4, -0.2) is 22.5 Å². The van der Waals surface area contributed by atoms with E-state index in [9.17, 15) is 10.1 Å². The molecule has 0 radical (unpaired) electrons. The summed E-state index contributed by atoms with van der Waals surface area (Å²) >= 11 is 0. The molecule has 0 bridgehead atoms. The summed E-state index contributed by atoms with van der Waals surface area (Å²) < 4.78 is 0. The van der Waals surface area contributed by atoms with Crippen LogP contribution in [0.15, 0.2) is 22.5 Å². The summed E-state index contributed by atoms with van der Waals surface area (Å²) in [5.41, 5.74) is 5.64. The molecular formula is C12H13N5O. The summed E-state index contributed by atoms with van der Waals surface area (Å²) in [6.07, 6.45) is 0. The Morgan fingerprint density at radius 3 is 2.33 bits per heavy atom. The number of nitrogens with zero attached hydrogens (tertiary/aromatic N) is 3. The number of hydrogen-bond donors (Lipinski definition) is 2. The largest absolute Gasteiger partial charge is 0.384 e. The van der Waals surface area contributed by atoms with E-state index in [1.54, 1.807) is 11.8 Å². The van der Waals surface area contributed by atoms with Crippen molar-refractivity contribution in [2.24, 2.45) is 5.73 Å². The van der Waals surface area contributed by atoms with Crippen molar-refractivity contribution < 1.29 is 4.79 Å². The van der Waals surface area contributed by atoms with Gasteiger partial charge in [-0.1, -0.05) is 0 Å². The first-order valence-corrected chi connectivity index (χ1v) is 5.55. The molecule has 1 amide bonds. The molecule has 92 valence electrons. The number of carbonyl (C=O) groups excluding carboxylic acids is 1. The molecule has 18 heavy (non-hydrogen) atoms. The lowest BCUT2D eigenvalue weighted by Crippen LogP contribution is -2.56. The maximum Gasteiger partial charge on any atom is 0.264 e. The minimum Gasteiger partial charge on any atom is -0.384 e. The van der Waals surface area contributed by atoms with Gasteiger partial charge in [-0.2, -0.15) is 10.5 Å². The van der Waals surface area contributed by atoms with Crippen molar-refractivity contribution >= 4 is 5.91 Å². The monoisotopic (exact) mass is 243 g/mol.